The highest BCUT2D eigenvalue weighted by atomic mass is 19.1. The molecule has 0 aliphatic heterocycles. The number of aromatic carboxylic acids is 1. The van der Waals surface area contributed by atoms with Crippen LogP contribution in [0.4, 0.5) is 4.39 Å². The minimum Gasteiger partial charge on any atom is -0.493 e. The smallest absolute Gasteiger partial charge is 0.335 e. The van der Waals surface area contributed by atoms with Crippen LogP contribution in [-0.2, 0) is 10.8 Å². The van der Waals surface area contributed by atoms with Crippen LogP contribution in [-0.4, -0.2) is 30.3 Å². The Kier molecular flexibility index (Phi) is 8.51. The number of hydrogen-bond donors (Lipinski definition) is 2. The molecule has 0 fully saturated rings. The van der Waals surface area contributed by atoms with Crippen molar-refractivity contribution < 1.29 is 19.0 Å². The third kappa shape index (κ3) is 6.52. The van der Waals surface area contributed by atoms with E-state index in [1.165, 1.54) is 17.2 Å². The highest BCUT2D eigenvalue weighted by Gasteiger charge is 2.37. The molecule has 0 amide bonds. The van der Waals surface area contributed by atoms with Crippen molar-refractivity contribution in [2.75, 3.05) is 13.2 Å². The summed E-state index contributed by atoms with van der Waals surface area (Å²) in [6.45, 7) is 15.1. The maximum Gasteiger partial charge on any atom is 0.335 e. The zero-order chi connectivity index (χ0) is 28.4. The van der Waals surface area contributed by atoms with Gasteiger partial charge in [-0.1, -0.05) is 71.9 Å². The number of carbonyl (C=O) groups is 1. The number of ether oxygens (including phenoxy) is 1. The molecular weight excluding hydrogens is 489 g/mol. The largest absolute Gasteiger partial charge is 0.493 e. The third-order valence-electron chi connectivity index (χ3n) is 8.05. The summed E-state index contributed by atoms with van der Waals surface area (Å²) in [6, 6.07) is 17.0. The molecule has 4 rings (SSSR count). The van der Waals surface area contributed by atoms with Crippen molar-refractivity contribution in [3.05, 3.63) is 77.1 Å². The van der Waals surface area contributed by atoms with Crippen molar-refractivity contribution >= 4 is 5.97 Å². The van der Waals surface area contributed by atoms with E-state index < -0.39 is 11.8 Å². The second-order valence-corrected chi connectivity index (χ2v) is 12.4. The summed E-state index contributed by atoms with van der Waals surface area (Å²) in [5, 5.41) is 12.7. The number of hydrogen-bond acceptors (Lipinski definition) is 3. The predicted octanol–water partition coefficient (Wildman–Crippen LogP) is 8.36. The monoisotopic (exact) mass is 531 g/mol. The number of nitrogens with one attached hydrogen (secondary N) is 1. The zero-order valence-electron chi connectivity index (χ0n) is 24.2. The standard InChI is InChI=1S/C34H42FNO3/c1-22(2)36-17-7-8-18-39-31-14-11-23(26-12-9-25(32(37)38)21-30(26)35)19-27(31)24-10-13-28-29(20-24)34(5,6)16-15-33(28,3)4/h9-14,19-22,36H,7-8,15-18H2,1-6H3,(H,37,38). The van der Waals surface area contributed by atoms with Crippen LogP contribution < -0.4 is 10.1 Å². The topological polar surface area (TPSA) is 58.6 Å². The lowest BCUT2D eigenvalue weighted by atomic mass is 9.63. The van der Waals surface area contributed by atoms with E-state index in [0.29, 0.717) is 23.8 Å². The van der Waals surface area contributed by atoms with E-state index in [0.717, 1.165) is 55.2 Å². The van der Waals surface area contributed by atoms with Gasteiger partial charge >= 0.3 is 5.97 Å². The van der Waals surface area contributed by atoms with Gasteiger partial charge in [0.1, 0.15) is 11.6 Å². The molecule has 1 aliphatic carbocycles. The Bertz CT molecular complexity index is 1340. The predicted molar refractivity (Wildman–Crippen MR) is 157 cm³/mol. The number of carboxylic acid groups (broad SMARTS) is 1. The Morgan fingerprint density at radius 2 is 1.56 bits per heavy atom. The van der Waals surface area contributed by atoms with E-state index >= 15 is 4.39 Å². The van der Waals surface area contributed by atoms with Gasteiger partial charge in [0, 0.05) is 17.2 Å². The average Bonchev–Trinajstić information content (AvgIpc) is 2.88. The normalized spacial score (nSPS) is 15.7. The van der Waals surface area contributed by atoms with Crippen molar-refractivity contribution in [1.29, 1.82) is 0 Å². The molecule has 4 nitrogen and oxygen atoms in total. The lowest BCUT2D eigenvalue weighted by Gasteiger charge is -2.42. The Hall–Kier alpha value is -3.18. The summed E-state index contributed by atoms with van der Waals surface area (Å²) >= 11 is 0. The molecule has 0 spiro atoms. The molecule has 0 bridgehead atoms. The number of carboxylic acids is 1. The molecule has 3 aromatic carbocycles. The second kappa shape index (κ2) is 11.5. The molecule has 2 N–H and O–H groups in total. The van der Waals surface area contributed by atoms with Gasteiger partial charge in [-0.25, -0.2) is 9.18 Å². The van der Waals surface area contributed by atoms with Gasteiger partial charge in [0.25, 0.3) is 0 Å². The summed E-state index contributed by atoms with van der Waals surface area (Å²) in [7, 11) is 0. The van der Waals surface area contributed by atoms with Crippen LogP contribution in [0, 0.1) is 5.82 Å². The molecule has 39 heavy (non-hydrogen) atoms. The molecule has 208 valence electrons. The molecule has 1 aliphatic rings. The fourth-order valence-electron chi connectivity index (χ4n) is 5.49. The maximum absolute atomic E-state index is 15.0. The van der Waals surface area contributed by atoms with Crippen molar-refractivity contribution in [1.82, 2.24) is 5.32 Å². The van der Waals surface area contributed by atoms with Gasteiger partial charge in [0.15, 0.2) is 0 Å². The molecule has 0 aromatic heterocycles. The zero-order valence-corrected chi connectivity index (χ0v) is 24.2. The first-order valence-electron chi connectivity index (χ1n) is 14.1. The molecule has 0 radical (unpaired) electrons. The Morgan fingerprint density at radius 3 is 2.23 bits per heavy atom. The minimum absolute atomic E-state index is 0.0572. The molecule has 0 atom stereocenters. The van der Waals surface area contributed by atoms with E-state index in [1.54, 1.807) is 6.07 Å². The van der Waals surface area contributed by atoms with E-state index in [4.69, 9.17) is 4.74 Å². The lowest BCUT2D eigenvalue weighted by Crippen LogP contribution is -2.33. The average molecular weight is 532 g/mol. The quantitative estimate of drug-likeness (QED) is 0.258. The van der Waals surface area contributed by atoms with Crippen LogP contribution in [0.3, 0.4) is 0 Å². The highest BCUT2D eigenvalue weighted by Crippen LogP contribution is 2.47. The molecule has 0 heterocycles. The summed E-state index contributed by atoms with van der Waals surface area (Å²) in [6.07, 6.45) is 4.21. The van der Waals surface area contributed by atoms with Gasteiger partial charge in [-0.15, -0.1) is 0 Å². The van der Waals surface area contributed by atoms with Gasteiger partial charge in [0.05, 0.1) is 12.2 Å². The van der Waals surface area contributed by atoms with Gasteiger partial charge in [-0.2, -0.15) is 0 Å². The first-order valence-corrected chi connectivity index (χ1v) is 14.1. The first kappa shape index (κ1) is 28.8. The molecular formula is C34H42FNO3. The van der Waals surface area contributed by atoms with Crippen molar-refractivity contribution in [3.63, 3.8) is 0 Å². The number of fused-ring (bicyclic) bond motifs is 1. The summed E-state index contributed by atoms with van der Waals surface area (Å²) in [5.41, 5.74) is 5.85. The maximum atomic E-state index is 15.0. The molecule has 5 heteroatoms. The van der Waals surface area contributed by atoms with Crippen LogP contribution in [0.15, 0.2) is 54.6 Å². The molecule has 0 saturated carbocycles. The number of halogens is 1. The van der Waals surface area contributed by atoms with E-state index in [2.05, 4.69) is 65.1 Å². The fraction of sp³-hybridized carbons (Fsp3) is 0.441. The molecule has 0 unspecified atom stereocenters. The number of benzene rings is 3. The van der Waals surface area contributed by atoms with E-state index in [1.807, 2.05) is 18.2 Å². The lowest BCUT2D eigenvalue weighted by molar-refractivity contribution is 0.0696. The van der Waals surface area contributed by atoms with Crippen LogP contribution in [0.1, 0.15) is 88.7 Å². The van der Waals surface area contributed by atoms with Crippen molar-refractivity contribution in [2.24, 2.45) is 0 Å². The first-order chi connectivity index (χ1) is 18.4. The summed E-state index contributed by atoms with van der Waals surface area (Å²) in [4.78, 5) is 11.3. The Morgan fingerprint density at radius 1 is 0.897 bits per heavy atom. The van der Waals surface area contributed by atoms with Crippen molar-refractivity contribution in [2.45, 2.75) is 84.1 Å². The fourth-order valence-corrected chi connectivity index (χ4v) is 5.49. The number of rotatable bonds is 10. The highest BCUT2D eigenvalue weighted by molar-refractivity contribution is 5.88. The van der Waals surface area contributed by atoms with Gasteiger partial charge in [-0.3, -0.25) is 0 Å². The number of unbranched alkanes of at least 4 members (excludes halogenated alkanes) is 1. The van der Waals surface area contributed by atoms with Crippen molar-refractivity contribution in [3.8, 4) is 28.0 Å². The van der Waals surface area contributed by atoms with E-state index in [-0.39, 0.29) is 16.4 Å². The molecule has 3 aromatic rings. The van der Waals surface area contributed by atoms with Crippen LogP contribution in [0.25, 0.3) is 22.3 Å². The second-order valence-electron chi connectivity index (χ2n) is 12.4. The minimum atomic E-state index is -1.15. The van der Waals surface area contributed by atoms with Gasteiger partial charge in [-0.05, 0) is 89.6 Å². The summed E-state index contributed by atoms with van der Waals surface area (Å²) in [5.74, 6) is -0.931. The van der Waals surface area contributed by atoms with Crippen LogP contribution in [0.5, 0.6) is 5.75 Å². The van der Waals surface area contributed by atoms with Gasteiger partial charge in [0.2, 0.25) is 0 Å². The van der Waals surface area contributed by atoms with E-state index in [9.17, 15) is 9.90 Å². The molecule has 0 saturated heterocycles. The Labute approximate surface area is 232 Å². The summed E-state index contributed by atoms with van der Waals surface area (Å²) < 4.78 is 21.3. The SMILES string of the molecule is CC(C)NCCCCOc1ccc(-c2ccc(C(=O)O)cc2F)cc1-c1ccc2c(c1)C(C)(C)CCC2(C)C. The van der Waals surface area contributed by atoms with Crippen LogP contribution >= 0.6 is 0 Å². The Balaban J connectivity index is 1.73. The third-order valence-corrected chi connectivity index (χ3v) is 8.05. The van der Waals surface area contributed by atoms with Crippen LogP contribution in [0.2, 0.25) is 0 Å². The van der Waals surface area contributed by atoms with Gasteiger partial charge < -0.3 is 15.2 Å².